The summed E-state index contributed by atoms with van der Waals surface area (Å²) in [6, 6.07) is 12.8. The molecule has 2 aromatic rings. The van der Waals surface area contributed by atoms with Crippen molar-refractivity contribution >= 4 is 37.5 Å². The van der Waals surface area contributed by atoms with Crippen LogP contribution < -0.4 is 15.4 Å². The molecule has 1 heterocycles. The molecular weight excluding hydrogens is 418 g/mol. The van der Waals surface area contributed by atoms with Gasteiger partial charge in [-0.05, 0) is 59.1 Å². The zero-order valence-electron chi connectivity index (χ0n) is 14.3. The van der Waals surface area contributed by atoms with Crippen molar-refractivity contribution in [2.75, 3.05) is 18.0 Å². The fourth-order valence-corrected chi connectivity index (χ4v) is 4.18. The highest BCUT2D eigenvalue weighted by Crippen LogP contribution is 2.31. The molecule has 0 radical (unpaired) electrons. The molecule has 0 saturated carbocycles. The molecule has 26 heavy (non-hydrogen) atoms. The van der Waals surface area contributed by atoms with Crippen molar-refractivity contribution in [3.63, 3.8) is 0 Å². The third-order valence-corrected chi connectivity index (χ3v) is 6.10. The second-order valence-electron chi connectivity index (χ2n) is 6.32. The molecule has 1 aliphatic heterocycles. The molecule has 3 rings (SSSR count). The lowest BCUT2D eigenvalue weighted by Gasteiger charge is -2.25. The van der Waals surface area contributed by atoms with Gasteiger partial charge < -0.3 is 10.2 Å². The molecule has 0 spiro atoms. The van der Waals surface area contributed by atoms with E-state index >= 15 is 0 Å². The van der Waals surface area contributed by atoms with Crippen LogP contribution in [0.3, 0.4) is 0 Å². The highest BCUT2D eigenvalue weighted by atomic mass is 79.9. The van der Waals surface area contributed by atoms with Gasteiger partial charge in [0.25, 0.3) is 5.91 Å². The number of nitrogens with two attached hydrogens (primary N) is 1. The van der Waals surface area contributed by atoms with Gasteiger partial charge in [0.05, 0.1) is 10.5 Å². The summed E-state index contributed by atoms with van der Waals surface area (Å²) in [5.74, 6) is -0.345. The van der Waals surface area contributed by atoms with Crippen LogP contribution in [0, 0.1) is 0 Å². The number of nitrogens with zero attached hydrogens (tertiary/aromatic N) is 1. The fraction of sp³-hybridized carbons (Fsp3) is 0.278. The predicted octanol–water partition coefficient (Wildman–Crippen LogP) is 2.28. The highest BCUT2D eigenvalue weighted by molar-refractivity contribution is 9.10. The third-order valence-electron chi connectivity index (χ3n) is 4.50. The Bertz CT molecular complexity index is 946. The van der Waals surface area contributed by atoms with Crippen LogP contribution in [0.4, 0.5) is 5.69 Å². The van der Waals surface area contributed by atoms with Gasteiger partial charge in [-0.3, -0.25) is 4.79 Å². The Morgan fingerprint density at radius 3 is 2.77 bits per heavy atom. The lowest BCUT2D eigenvalue weighted by Crippen LogP contribution is -2.38. The van der Waals surface area contributed by atoms with Crippen molar-refractivity contribution in [2.24, 2.45) is 5.14 Å². The third kappa shape index (κ3) is 3.92. The van der Waals surface area contributed by atoms with E-state index in [1.165, 1.54) is 29.4 Å². The Morgan fingerprint density at radius 2 is 2.04 bits per heavy atom. The van der Waals surface area contributed by atoms with Crippen LogP contribution in [0.2, 0.25) is 0 Å². The van der Waals surface area contributed by atoms with Gasteiger partial charge in [0, 0.05) is 29.3 Å². The van der Waals surface area contributed by atoms with E-state index in [-0.39, 0.29) is 16.4 Å². The van der Waals surface area contributed by atoms with Gasteiger partial charge in [0.2, 0.25) is 10.0 Å². The quantitative estimate of drug-likeness (QED) is 0.749. The Hall–Kier alpha value is -1.90. The summed E-state index contributed by atoms with van der Waals surface area (Å²) in [5, 5.41) is 7.99. The largest absolute Gasteiger partial charge is 0.367 e. The summed E-state index contributed by atoms with van der Waals surface area (Å²) in [4.78, 5) is 14.6. The number of carbonyl (C=O) groups excluding carboxylic acids is 1. The number of hydrogen-bond donors (Lipinski definition) is 2. The van der Waals surface area contributed by atoms with E-state index in [0.29, 0.717) is 23.6 Å². The maximum absolute atomic E-state index is 12.5. The molecule has 0 bridgehead atoms. The fourth-order valence-electron chi connectivity index (χ4n) is 3.21. The van der Waals surface area contributed by atoms with Crippen LogP contribution in [-0.2, 0) is 16.4 Å². The molecule has 138 valence electrons. The first-order chi connectivity index (χ1) is 12.3. The number of para-hydroxylation sites is 1. The molecule has 1 aliphatic rings. The minimum absolute atomic E-state index is 0.0899. The average molecular weight is 438 g/mol. The molecule has 3 N–H and O–H groups in total. The van der Waals surface area contributed by atoms with Crippen molar-refractivity contribution < 1.29 is 13.2 Å². The van der Waals surface area contributed by atoms with Crippen molar-refractivity contribution in [1.82, 2.24) is 5.32 Å². The zero-order chi connectivity index (χ0) is 18.9. The number of sulfonamides is 1. The van der Waals surface area contributed by atoms with Gasteiger partial charge in [0.15, 0.2) is 0 Å². The Kier molecular flexibility index (Phi) is 5.36. The normalized spacial score (nSPS) is 16.4. The summed E-state index contributed by atoms with van der Waals surface area (Å²) in [6.07, 6.45) is 0.992. The number of primary sulfonamides is 1. The Morgan fingerprint density at radius 1 is 1.31 bits per heavy atom. The molecule has 0 fully saturated rings. The first kappa shape index (κ1) is 18.9. The average Bonchev–Trinajstić information content (AvgIpc) is 2.90. The Balaban J connectivity index is 1.67. The first-order valence-electron chi connectivity index (χ1n) is 8.22. The minimum atomic E-state index is -3.86. The van der Waals surface area contributed by atoms with E-state index in [9.17, 15) is 13.2 Å². The number of nitrogens with one attached hydrogen (secondary N) is 1. The number of hydrogen-bond acceptors (Lipinski definition) is 4. The van der Waals surface area contributed by atoms with Gasteiger partial charge in [0.1, 0.15) is 0 Å². The molecule has 6 nitrogen and oxygen atoms in total. The lowest BCUT2D eigenvalue weighted by atomic mass is 10.1. The van der Waals surface area contributed by atoms with E-state index in [1.54, 1.807) is 0 Å². The van der Waals surface area contributed by atoms with Crippen LogP contribution in [0.25, 0.3) is 0 Å². The van der Waals surface area contributed by atoms with Crippen LogP contribution >= 0.6 is 15.9 Å². The number of amides is 1. The maximum Gasteiger partial charge on any atom is 0.252 e. The standard InChI is InChI=1S/C18H20BrN3O3S/c1-12-10-13-4-2-3-5-17(13)22(12)9-8-21-18(23)15-11-14(26(20,24)25)6-7-16(15)19/h2-7,11-12H,8-10H2,1H3,(H,21,23)(H2,20,24,25). The van der Waals surface area contributed by atoms with Gasteiger partial charge in [-0.15, -0.1) is 0 Å². The number of carbonyl (C=O) groups is 1. The van der Waals surface area contributed by atoms with Gasteiger partial charge in [-0.25, -0.2) is 13.6 Å². The van der Waals surface area contributed by atoms with E-state index in [4.69, 9.17) is 5.14 Å². The summed E-state index contributed by atoms with van der Waals surface area (Å²) in [7, 11) is -3.86. The van der Waals surface area contributed by atoms with Crippen LogP contribution in [0.5, 0.6) is 0 Å². The number of halogens is 1. The van der Waals surface area contributed by atoms with Gasteiger partial charge in [-0.1, -0.05) is 18.2 Å². The minimum Gasteiger partial charge on any atom is -0.367 e. The maximum atomic E-state index is 12.5. The molecule has 0 aromatic heterocycles. The van der Waals surface area contributed by atoms with Gasteiger partial charge >= 0.3 is 0 Å². The molecule has 1 unspecified atom stereocenters. The van der Waals surface area contributed by atoms with Crippen molar-refractivity contribution in [1.29, 1.82) is 0 Å². The number of fused-ring (bicyclic) bond motifs is 1. The second kappa shape index (κ2) is 7.38. The summed E-state index contributed by atoms with van der Waals surface area (Å²) in [6.45, 7) is 3.29. The van der Waals surface area contributed by atoms with E-state index in [1.807, 2.05) is 12.1 Å². The number of rotatable bonds is 5. The summed E-state index contributed by atoms with van der Waals surface area (Å²) in [5.41, 5.74) is 2.76. The van der Waals surface area contributed by atoms with E-state index in [0.717, 1.165) is 6.42 Å². The van der Waals surface area contributed by atoms with Crippen molar-refractivity contribution in [3.05, 3.63) is 58.1 Å². The highest BCUT2D eigenvalue weighted by Gasteiger charge is 2.25. The number of anilines is 1. The topological polar surface area (TPSA) is 92.5 Å². The summed E-state index contributed by atoms with van der Waals surface area (Å²) < 4.78 is 23.5. The number of benzene rings is 2. The molecular formula is C18H20BrN3O3S. The molecule has 2 aromatic carbocycles. The van der Waals surface area contributed by atoms with Crippen LogP contribution in [0.15, 0.2) is 51.8 Å². The molecule has 0 aliphatic carbocycles. The zero-order valence-corrected chi connectivity index (χ0v) is 16.7. The molecule has 1 amide bonds. The molecule has 8 heteroatoms. The first-order valence-corrected chi connectivity index (χ1v) is 10.6. The van der Waals surface area contributed by atoms with Crippen molar-refractivity contribution in [3.8, 4) is 0 Å². The van der Waals surface area contributed by atoms with Gasteiger partial charge in [-0.2, -0.15) is 0 Å². The molecule has 1 atom stereocenters. The van der Waals surface area contributed by atoms with E-state index < -0.39 is 10.0 Å². The van der Waals surface area contributed by atoms with Crippen molar-refractivity contribution in [2.45, 2.75) is 24.3 Å². The Labute approximate surface area is 161 Å². The summed E-state index contributed by atoms with van der Waals surface area (Å²) >= 11 is 3.28. The monoisotopic (exact) mass is 437 g/mol. The smallest absolute Gasteiger partial charge is 0.252 e. The SMILES string of the molecule is CC1Cc2ccccc2N1CCNC(=O)c1cc(S(N)(=O)=O)ccc1Br. The van der Waals surface area contributed by atoms with E-state index in [2.05, 4.69) is 45.2 Å². The second-order valence-corrected chi connectivity index (χ2v) is 8.73. The van der Waals surface area contributed by atoms with Crippen LogP contribution in [-0.4, -0.2) is 33.5 Å². The lowest BCUT2D eigenvalue weighted by molar-refractivity contribution is 0.0953. The predicted molar refractivity (Wildman–Crippen MR) is 105 cm³/mol. The van der Waals surface area contributed by atoms with Crippen LogP contribution in [0.1, 0.15) is 22.8 Å². The molecule has 0 saturated heterocycles.